The summed E-state index contributed by atoms with van der Waals surface area (Å²) < 4.78 is 49.0. The van der Waals surface area contributed by atoms with Crippen molar-refractivity contribution in [3.05, 3.63) is 54.6 Å². The van der Waals surface area contributed by atoms with Crippen LogP contribution in [-0.4, -0.2) is 28.8 Å². The highest BCUT2D eigenvalue weighted by Gasteiger charge is 2.22. The Hall–Kier alpha value is -2.27. The summed E-state index contributed by atoms with van der Waals surface area (Å²) in [5.41, 5.74) is 0.308. The predicted octanol–water partition coefficient (Wildman–Crippen LogP) is 0.640. The quantitative estimate of drug-likeness (QED) is 0.672. The third-order valence-electron chi connectivity index (χ3n) is 3.23. The number of sulfonamides is 2. The van der Waals surface area contributed by atoms with E-state index in [0.717, 1.165) is 0 Å². The lowest BCUT2D eigenvalue weighted by Crippen LogP contribution is -2.41. The first-order valence-corrected chi connectivity index (χ1v) is 10.1. The van der Waals surface area contributed by atoms with E-state index in [0.29, 0.717) is 5.69 Å². The van der Waals surface area contributed by atoms with Gasteiger partial charge in [-0.3, -0.25) is 4.79 Å². The zero-order valence-electron chi connectivity index (χ0n) is 13.2. The monoisotopic (exact) mass is 383 g/mol. The van der Waals surface area contributed by atoms with Crippen LogP contribution >= 0.6 is 0 Å². The van der Waals surface area contributed by atoms with Gasteiger partial charge >= 0.3 is 0 Å². The average molecular weight is 383 g/mol. The Morgan fingerprint density at radius 3 is 2.00 bits per heavy atom. The van der Waals surface area contributed by atoms with E-state index in [2.05, 4.69) is 10.0 Å². The van der Waals surface area contributed by atoms with Crippen molar-refractivity contribution < 1.29 is 21.6 Å². The first kappa shape index (κ1) is 19.1. The largest absolute Gasteiger partial charge is 0.325 e. The van der Waals surface area contributed by atoms with Gasteiger partial charge in [-0.2, -0.15) is 4.72 Å². The molecule has 8 nitrogen and oxygen atoms in total. The van der Waals surface area contributed by atoms with Crippen LogP contribution in [0.4, 0.5) is 5.69 Å². The van der Waals surface area contributed by atoms with E-state index in [9.17, 15) is 21.6 Å². The predicted molar refractivity (Wildman–Crippen MR) is 92.7 cm³/mol. The molecule has 0 unspecified atom stereocenters. The Labute approximate surface area is 146 Å². The van der Waals surface area contributed by atoms with Crippen molar-refractivity contribution in [1.82, 2.24) is 4.72 Å². The van der Waals surface area contributed by atoms with Crippen LogP contribution in [0.15, 0.2) is 64.4 Å². The zero-order valence-corrected chi connectivity index (χ0v) is 14.8. The van der Waals surface area contributed by atoms with Crippen molar-refractivity contribution in [3.8, 4) is 0 Å². The SMILES string of the molecule is C[C@H](NS(=O)(=O)c1ccccc1)C(=O)Nc1ccc(S(N)(=O)=O)cc1. The Kier molecular flexibility index (Phi) is 5.58. The van der Waals surface area contributed by atoms with Gasteiger partial charge in [-0.05, 0) is 43.3 Å². The Bertz CT molecular complexity index is 956. The maximum absolute atomic E-state index is 12.2. The molecule has 1 amide bonds. The van der Waals surface area contributed by atoms with E-state index in [-0.39, 0.29) is 9.79 Å². The third kappa shape index (κ3) is 5.10. The normalized spacial score (nSPS) is 13.2. The van der Waals surface area contributed by atoms with Crippen LogP contribution in [0.5, 0.6) is 0 Å². The molecule has 0 heterocycles. The molecular weight excluding hydrogens is 366 g/mol. The molecule has 2 aromatic carbocycles. The van der Waals surface area contributed by atoms with E-state index in [1.807, 2.05) is 0 Å². The number of carbonyl (C=O) groups is 1. The van der Waals surface area contributed by atoms with E-state index < -0.39 is 32.0 Å². The number of benzene rings is 2. The molecular formula is C15H17N3O5S2. The van der Waals surface area contributed by atoms with Gasteiger partial charge in [0.25, 0.3) is 0 Å². The summed E-state index contributed by atoms with van der Waals surface area (Å²) in [6.45, 7) is 1.40. The van der Waals surface area contributed by atoms with E-state index in [1.54, 1.807) is 18.2 Å². The molecule has 10 heteroatoms. The van der Waals surface area contributed by atoms with Crippen molar-refractivity contribution >= 4 is 31.6 Å². The molecule has 0 saturated heterocycles. The van der Waals surface area contributed by atoms with E-state index in [4.69, 9.17) is 5.14 Å². The lowest BCUT2D eigenvalue weighted by molar-refractivity contribution is -0.117. The van der Waals surface area contributed by atoms with Crippen LogP contribution in [-0.2, 0) is 24.8 Å². The fraction of sp³-hybridized carbons (Fsp3) is 0.133. The first-order chi connectivity index (χ1) is 11.6. The minimum absolute atomic E-state index is 0.0483. The van der Waals surface area contributed by atoms with Crippen molar-refractivity contribution in [3.63, 3.8) is 0 Å². The summed E-state index contributed by atoms with van der Waals surface area (Å²) in [6.07, 6.45) is 0. The van der Waals surface area contributed by atoms with Crippen LogP contribution in [0.25, 0.3) is 0 Å². The number of hydrogen-bond donors (Lipinski definition) is 3. The summed E-state index contributed by atoms with van der Waals surface area (Å²) >= 11 is 0. The van der Waals surface area contributed by atoms with Gasteiger partial charge in [0.1, 0.15) is 0 Å². The maximum atomic E-state index is 12.2. The van der Waals surface area contributed by atoms with Gasteiger partial charge in [-0.15, -0.1) is 0 Å². The van der Waals surface area contributed by atoms with Gasteiger partial charge in [0.15, 0.2) is 0 Å². The number of nitrogens with two attached hydrogens (primary N) is 1. The number of hydrogen-bond acceptors (Lipinski definition) is 5. The molecule has 0 aliphatic rings. The number of carbonyl (C=O) groups excluding carboxylic acids is 1. The lowest BCUT2D eigenvalue weighted by Gasteiger charge is -2.14. The smallest absolute Gasteiger partial charge is 0.242 e. The second-order valence-electron chi connectivity index (χ2n) is 5.21. The summed E-state index contributed by atoms with van der Waals surface area (Å²) in [5, 5.41) is 7.48. The highest BCUT2D eigenvalue weighted by atomic mass is 32.2. The van der Waals surface area contributed by atoms with Crippen molar-refractivity contribution in [2.45, 2.75) is 22.8 Å². The molecule has 1 atom stereocenters. The molecule has 0 bridgehead atoms. The zero-order chi connectivity index (χ0) is 18.7. The maximum Gasteiger partial charge on any atom is 0.242 e. The highest BCUT2D eigenvalue weighted by molar-refractivity contribution is 7.89. The second-order valence-corrected chi connectivity index (χ2v) is 8.49. The Morgan fingerprint density at radius 1 is 0.920 bits per heavy atom. The van der Waals surface area contributed by atoms with Crippen LogP contribution in [0.1, 0.15) is 6.92 Å². The second kappa shape index (κ2) is 7.31. The minimum atomic E-state index is -3.83. The highest BCUT2D eigenvalue weighted by Crippen LogP contribution is 2.13. The molecule has 134 valence electrons. The van der Waals surface area contributed by atoms with Gasteiger partial charge in [0.05, 0.1) is 15.8 Å². The standard InChI is InChI=1S/C15H17N3O5S2/c1-11(18-25(22,23)14-5-3-2-4-6-14)15(19)17-12-7-9-13(10-8-12)24(16,20)21/h2-11,18H,1H3,(H,17,19)(H2,16,20,21)/t11-/m0/s1. The summed E-state index contributed by atoms with van der Waals surface area (Å²) in [7, 11) is -7.65. The number of primary sulfonamides is 1. The number of amides is 1. The van der Waals surface area contributed by atoms with E-state index >= 15 is 0 Å². The molecule has 0 saturated carbocycles. The fourth-order valence-electron chi connectivity index (χ4n) is 1.93. The van der Waals surface area contributed by atoms with Crippen LogP contribution in [0.3, 0.4) is 0 Å². The first-order valence-electron chi connectivity index (χ1n) is 7.11. The van der Waals surface area contributed by atoms with Crippen molar-refractivity contribution in [1.29, 1.82) is 0 Å². The number of anilines is 1. The van der Waals surface area contributed by atoms with Crippen LogP contribution in [0.2, 0.25) is 0 Å². The van der Waals surface area contributed by atoms with Crippen molar-refractivity contribution in [2.24, 2.45) is 5.14 Å². The lowest BCUT2D eigenvalue weighted by atomic mass is 10.3. The summed E-state index contributed by atoms with van der Waals surface area (Å²) in [5.74, 6) is -0.595. The molecule has 2 rings (SSSR count). The van der Waals surface area contributed by atoms with Crippen molar-refractivity contribution in [2.75, 3.05) is 5.32 Å². The molecule has 0 aliphatic carbocycles. The number of nitrogens with one attached hydrogen (secondary N) is 2. The average Bonchev–Trinajstić information content (AvgIpc) is 2.55. The van der Waals surface area contributed by atoms with Gasteiger partial charge in [0.2, 0.25) is 26.0 Å². The van der Waals surface area contributed by atoms with E-state index in [1.165, 1.54) is 43.3 Å². The molecule has 0 fully saturated rings. The topological polar surface area (TPSA) is 135 Å². The number of rotatable bonds is 6. The van der Waals surface area contributed by atoms with Gasteiger partial charge in [0, 0.05) is 5.69 Å². The minimum Gasteiger partial charge on any atom is -0.325 e. The third-order valence-corrected chi connectivity index (χ3v) is 5.71. The molecule has 0 aromatic heterocycles. The van der Waals surface area contributed by atoms with Gasteiger partial charge < -0.3 is 5.32 Å². The molecule has 25 heavy (non-hydrogen) atoms. The molecule has 0 aliphatic heterocycles. The summed E-state index contributed by atoms with van der Waals surface area (Å²) in [6, 6.07) is 11.8. The molecule has 0 spiro atoms. The molecule has 2 aromatic rings. The Balaban J connectivity index is 2.06. The molecule has 0 radical (unpaired) electrons. The van der Waals surface area contributed by atoms with Crippen LogP contribution < -0.4 is 15.2 Å². The molecule has 4 N–H and O–H groups in total. The Morgan fingerprint density at radius 2 is 1.48 bits per heavy atom. The summed E-state index contributed by atoms with van der Waals surface area (Å²) in [4.78, 5) is 12.1. The fourth-order valence-corrected chi connectivity index (χ4v) is 3.67. The van der Waals surface area contributed by atoms with Gasteiger partial charge in [-0.25, -0.2) is 22.0 Å². The van der Waals surface area contributed by atoms with Gasteiger partial charge in [-0.1, -0.05) is 18.2 Å². The van der Waals surface area contributed by atoms with Crippen LogP contribution in [0, 0.1) is 0 Å².